The average Bonchev–Trinajstić information content (AvgIpc) is 2.16. The van der Waals surface area contributed by atoms with E-state index in [-0.39, 0.29) is 11.9 Å². The lowest BCUT2D eigenvalue weighted by molar-refractivity contribution is 0.616. The first-order valence-corrected chi connectivity index (χ1v) is 5.22. The van der Waals surface area contributed by atoms with Gasteiger partial charge in [0.15, 0.2) is 0 Å². The van der Waals surface area contributed by atoms with Crippen molar-refractivity contribution >= 4 is 0 Å². The molecule has 0 fully saturated rings. The molecule has 1 aromatic carbocycles. The van der Waals surface area contributed by atoms with Crippen LogP contribution < -0.4 is 5.73 Å². The Hall–Kier alpha value is -1.15. The topological polar surface area (TPSA) is 26.0 Å². The predicted octanol–water partition coefficient (Wildman–Crippen LogP) is 3.49. The van der Waals surface area contributed by atoms with Crippen molar-refractivity contribution in [3.63, 3.8) is 0 Å². The monoisotopic (exact) mass is 207 g/mol. The fraction of sp³-hybridized carbons (Fsp3) is 0.385. The van der Waals surface area contributed by atoms with Crippen LogP contribution in [-0.4, -0.2) is 0 Å². The first-order valence-electron chi connectivity index (χ1n) is 5.22. The molecule has 0 aliphatic carbocycles. The molecule has 0 saturated heterocycles. The minimum atomic E-state index is -0.220. The van der Waals surface area contributed by atoms with Crippen LogP contribution in [0.3, 0.4) is 0 Å². The number of rotatable bonds is 4. The first kappa shape index (κ1) is 11.9. The van der Waals surface area contributed by atoms with E-state index in [1.807, 2.05) is 19.9 Å². The summed E-state index contributed by atoms with van der Waals surface area (Å²) in [5, 5.41) is 0. The van der Waals surface area contributed by atoms with Crippen LogP contribution in [0.1, 0.15) is 36.9 Å². The highest BCUT2D eigenvalue weighted by molar-refractivity contribution is 5.26. The molecule has 0 aliphatic heterocycles. The van der Waals surface area contributed by atoms with Gasteiger partial charge in [-0.15, -0.1) is 0 Å². The fourth-order valence-corrected chi connectivity index (χ4v) is 1.55. The Bertz CT molecular complexity index is 337. The van der Waals surface area contributed by atoms with Crippen LogP contribution in [-0.2, 0) is 0 Å². The Morgan fingerprint density at radius 1 is 1.47 bits per heavy atom. The van der Waals surface area contributed by atoms with Crippen molar-refractivity contribution in [1.29, 1.82) is 0 Å². The van der Waals surface area contributed by atoms with Crippen molar-refractivity contribution in [3.8, 4) is 0 Å². The van der Waals surface area contributed by atoms with E-state index in [0.29, 0.717) is 0 Å². The number of nitrogens with two attached hydrogens (primary N) is 1. The van der Waals surface area contributed by atoms with Gasteiger partial charge in [0, 0.05) is 6.04 Å². The Morgan fingerprint density at radius 3 is 2.67 bits per heavy atom. The van der Waals surface area contributed by atoms with Gasteiger partial charge in [-0.05, 0) is 43.0 Å². The Labute approximate surface area is 90.8 Å². The second-order valence-corrected chi connectivity index (χ2v) is 3.98. The molecule has 82 valence electrons. The third-order valence-electron chi connectivity index (χ3n) is 2.50. The molecule has 0 heterocycles. The van der Waals surface area contributed by atoms with Gasteiger partial charge in [-0.25, -0.2) is 4.39 Å². The molecular formula is C13H18FN. The maximum atomic E-state index is 13.1. The van der Waals surface area contributed by atoms with E-state index in [2.05, 4.69) is 6.58 Å². The molecule has 0 radical (unpaired) electrons. The molecule has 0 saturated carbocycles. The van der Waals surface area contributed by atoms with E-state index in [4.69, 9.17) is 5.73 Å². The lowest BCUT2D eigenvalue weighted by Crippen LogP contribution is -2.11. The number of halogens is 1. The van der Waals surface area contributed by atoms with Gasteiger partial charge in [-0.3, -0.25) is 0 Å². The normalized spacial score (nSPS) is 12.5. The summed E-state index contributed by atoms with van der Waals surface area (Å²) in [7, 11) is 0. The minimum absolute atomic E-state index is 0.146. The lowest BCUT2D eigenvalue weighted by Gasteiger charge is -2.13. The van der Waals surface area contributed by atoms with Gasteiger partial charge in [-0.1, -0.05) is 25.1 Å². The van der Waals surface area contributed by atoms with E-state index in [1.165, 1.54) is 12.1 Å². The standard InChI is InChI=1S/C13H18FN/c1-4-9(2)7-13(15)11-5-10(3)6-12(14)8-11/h5-6,8,13H,2,4,7,15H2,1,3H3. The summed E-state index contributed by atoms with van der Waals surface area (Å²) in [5.74, 6) is -0.220. The maximum absolute atomic E-state index is 13.1. The second kappa shape index (κ2) is 5.08. The van der Waals surface area contributed by atoms with Gasteiger partial charge < -0.3 is 5.73 Å². The molecular weight excluding hydrogens is 189 g/mol. The number of hydrogen-bond acceptors (Lipinski definition) is 1. The zero-order valence-electron chi connectivity index (χ0n) is 9.39. The zero-order valence-corrected chi connectivity index (χ0v) is 9.39. The molecule has 1 aromatic rings. The summed E-state index contributed by atoms with van der Waals surface area (Å²) in [6, 6.07) is 4.79. The molecule has 0 aliphatic rings. The third kappa shape index (κ3) is 3.48. The SMILES string of the molecule is C=C(CC)CC(N)c1cc(C)cc(F)c1. The molecule has 0 amide bonds. The molecule has 0 spiro atoms. The second-order valence-electron chi connectivity index (χ2n) is 3.98. The Balaban J connectivity index is 2.81. The van der Waals surface area contributed by atoms with Crippen LogP contribution in [0.4, 0.5) is 4.39 Å². The molecule has 0 bridgehead atoms. The summed E-state index contributed by atoms with van der Waals surface area (Å²) in [6.07, 6.45) is 1.64. The first-order chi connectivity index (χ1) is 7.02. The molecule has 2 N–H and O–H groups in total. The smallest absolute Gasteiger partial charge is 0.123 e. The van der Waals surface area contributed by atoms with Crippen molar-refractivity contribution < 1.29 is 4.39 Å². The summed E-state index contributed by atoms with van der Waals surface area (Å²) in [5.41, 5.74) is 8.84. The van der Waals surface area contributed by atoms with E-state index < -0.39 is 0 Å². The van der Waals surface area contributed by atoms with Crippen LogP contribution in [0.5, 0.6) is 0 Å². The zero-order chi connectivity index (χ0) is 11.4. The highest BCUT2D eigenvalue weighted by atomic mass is 19.1. The fourth-order valence-electron chi connectivity index (χ4n) is 1.55. The summed E-state index contributed by atoms with van der Waals surface area (Å²) in [4.78, 5) is 0. The molecule has 1 unspecified atom stereocenters. The van der Waals surface area contributed by atoms with Gasteiger partial charge in [0.05, 0.1) is 0 Å². The third-order valence-corrected chi connectivity index (χ3v) is 2.50. The van der Waals surface area contributed by atoms with Crippen molar-refractivity contribution in [3.05, 3.63) is 47.3 Å². The summed E-state index contributed by atoms with van der Waals surface area (Å²) in [6.45, 7) is 7.83. The van der Waals surface area contributed by atoms with Crippen LogP contribution in [0.2, 0.25) is 0 Å². The highest BCUT2D eigenvalue weighted by Gasteiger charge is 2.08. The van der Waals surface area contributed by atoms with Gasteiger partial charge in [-0.2, -0.15) is 0 Å². The van der Waals surface area contributed by atoms with E-state index in [9.17, 15) is 4.39 Å². The van der Waals surface area contributed by atoms with Crippen molar-refractivity contribution in [2.45, 2.75) is 32.7 Å². The molecule has 1 nitrogen and oxygen atoms in total. The van der Waals surface area contributed by atoms with E-state index in [1.54, 1.807) is 0 Å². The predicted molar refractivity (Wildman–Crippen MR) is 62.1 cm³/mol. The van der Waals surface area contributed by atoms with Gasteiger partial charge in [0.25, 0.3) is 0 Å². The Morgan fingerprint density at radius 2 is 2.13 bits per heavy atom. The van der Waals surface area contributed by atoms with Gasteiger partial charge in [0.2, 0.25) is 0 Å². The van der Waals surface area contributed by atoms with Crippen LogP contribution in [0.25, 0.3) is 0 Å². The van der Waals surface area contributed by atoms with E-state index in [0.717, 1.165) is 29.5 Å². The Kier molecular flexibility index (Phi) is 4.04. The molecule has 1 atom stereocenters. The highest BCUT2D eigenvalue weighted by Crippen LogP contribution is 2.21. The number of benzene rings is 1. The lowest BCUT2D eigenvalue weighted by atomic mass is 9.98. The van der Waals surface area contributed by atoms with Gasteiger partial charge in [0.1, 0.15) is 5.82 Å². The number of aryl methyl sites for hydroxylation is 1. The largest absolute Gasteiger partial charge is 0.324 e. The van der Waals surface area contributed by atoms with Crippen LogP contribution >= 0.6 is 0 Å². The summed E-state index contributed by atoms with van der Waals surface area (Å²) < 4.78 is 13.1. The van der Waals surface area contributed by atoms with Crippen LogP contribution in [0, 0.1) is 12.7 Å². The van der Waals surface area contributed by atoms with Crippen molar-refractivity contribution in [1.82, 2.24) is 0 Å². The summed E-state index contributed by atoms with van der Waals surface area (Å²) >= 11 is 0. The molecule has 0 aromatic heterocycles. The van der Waals surface area contributed by atoms with E-state index >= 15 is 0 Å². The van der Waals surface area contributed by atoms with Crippen LogP contribution in [0.15, 0.2) is 30.4 Å². The molecule has 2 heteroatoms. The molecule has 15 heavy (non-hydrogen) atoms. The minimum Gasteiger partial charge on any atom is -0.324 e. The van der Waals surface area contributed by atoms with Gasteiger partial charge >= 0.3 is 0 Å². The number of hydrogen-bond donors (Lipinski definition) is 1. The van der Waals surface area contributed by atoms with Crippen molar-refractivity contribution in [2.75, 3.05) is 0 Å². The average molecular weight is 207 g/mol. The van der Waals surface area contributed by atoms with Crippen molar-refractivity contribution in [2.24, 2.45) is 5.73 Å². The maximum Gasteiger partial charge on any atom is 0.123 e. The quantitative estimate of drug-likeness (QED) is 0.751. The molecule has 1 rings (SSSR count).